The second kappa shape index (κ2) is 9.18. The molecule has 0 saturated heterocycles. The molecule has 34 heavy (non-hydrogen) atoms. The van der Waals surface area contributed by atoms with Gasteiger partial charge in [0.25, 0.3) is 5.56 Å². The summed E-state index contributed by atoms with van der Waals surface area (Å²) in [6.07, 6.45) is 5.99. The van der Waals surface area contributed by atoms with E-state index < -0.39 is 0 Å². The van der Waals surface area contributed by atoms with Gasteiger partial charge in [0.2, 0.25) is 12.7 Å². The zero-order valence-electron chi connectivity index (χ0n) is 18.0. The first-order valence-electron chi connectivity index (χ1n) is 10.6. The summed E-state index contributed by atoms with van der Waals surface area (Å²) in [7, 11) is 0. The number of nitrogens with one attached hydrogen (secondary N) is 1. The minimum atomic E-state index is -0.361. The number of hydrogen-bond donors (Lipinski definition) is 1. The van der Waals surface area contributed by atoms with Crippen LogP contribution in [0, 0.1) is 5.82 Å². The maximum absolute atomic E-state index is 13.4. The second-order valence-electron chi connectivity index (χ2n) is 7.65. The van der Waals surface area contributed by atoms with Gasteiger partial charge in [0, 0.05) is 12.6 Å². The second-order valence-corrected chi connectivity index (χ2v) is 7.65. The van der Waals surface area contributed by atoms with Gasteiger partial charge in [-0.2, -0.15) is 5.10 Å². The molecule has 1 amide bonds. The number of carbonyl (C=O) groups excluding carboxylic acids is 1. The largest absolute Gasteiger partial charge is 0.454 e. The molecule has 0 fully saturated rings. The Morgan fingerprint density at radius 2 is 2.06 bits per heavy atom. The third kappa shape index (κ3) is 4.51. The highest BCUT2D eigenvalue weighted by atomic mass is 19.1. The van der Waals surface area contributed by atoms with Crippen molar-refractivity contribution in [1.29, 1.82) is 0 Å². The molecule has 4 aromatic rings. The molecule has 2 aromatic carbocycles. The average Bonchev–Trinajstić information content (AvgIpc) is 3.46. The van der Waals surface area contributed by atoms with Crippen LogP contribution in [0.5, 0.6) is 11.5 Å². The molecule has 1 N–H and O–H groups in total. The molecule has 0 atom stereocenters. The average molecular weight is 461 g/mol. The van der Waals surface area contributed by atoms with E-state index in [1.54, 1.807) is 35.0 Å². The van der Waals surface area contributed by atoms with E-state index in [1.165, 1.54) is 35.3 Å². The molecular weight excluding hydrogens is 441 g/mol. The number of amides is 1. The van der Waals surface area contributed by atoms with Crippen LogP contribution in [0.25, 0.3) is 17.1 Å². The normalized spacial score (nSPS) is 12.5. The van der Waals surface area contributed by atoms with Gasteiger partial charge in [-0.15, -0.1) is 0 Å². The van der Waals surface area contributed by atoms with Gasteiger partial charge >= 0.3 is 0 Å². The van der Waals surface area contributed by atoms with Crippen LogP contribution in [0.4, 0.5) is 4.39 Å². The fourth-order valence-corrected chi connectivity index (χ4v) is 3.64. The Kier molecular flexibility index (Phi) is 5.77. The standard InChI is InChI=1S/C24H20FN5O4/c25-18-3-1-2-17(10-18)13-29-14-27-23-19(24(29)32)12-28-30(23)9-8-26-22(31)7-5-16-4-6-20-21(11-16)34-15-33-20/h1-7,10-12,14H,8-9,13,15H2,(H,26,31). The molecule has 5 rings (SSSR count). The quantitative estimate of drug-likeness (QED) is 0.424. The number of nitrogens with zero attached hydrogens (tertiary/aromatic N) is 4. The first-order valence-corrected chi connectivity index (χ1v) is 10.6. The van der Waals surface area contributed by atoms with Crippen molar-refractivity contribution in [3.63, 3.8) is 0 Å². The van der Waals surface area contributed by atoms with Crippen molar-refractivity contribution in [2.75, 3.05) is 13.3 Å². The third-order valence-corrected chi connectivity index (χ3v) is 5.31. The first-order chi connectivity index (χ1) is 16.6. The van der Waals surface area contributed by atoms with Crippen molar-refractivity contribution >= 4 is 23.0 Å². The maximum atomic E-state index is 13.4. The summed E-state index contributed by atoms with van der Waals surface area (Å²) in [4.78, 5) is 29.3. The molecule has 1 aliphatic heterocycles. The van der Waals surface area contributed by atoms with Crippen LogP contribution >= 0.6 is 0 Å². The molecule has 9 nitrogen and oxygen atoms in total. The molecule has 0 saturated carbocycles. The summed E-state index contributed by atoms with van der Waals surface area (Å²) in [6.45, 7) is 1.04. The van der Waals surface area contributed by atoms with Crippen LogP contribution < -0.4 is 20.3 Å². The molecule has 0 radical (unpaired) electrons. The molecule has 1 aliphatic rings. The molecule has 172 valence electrons. The van der Waals surface area contributed by atoms with Crippen LogP contribution in [0.3, 0.4) is 0 Å². The Balaban J connectivity index is 1.20. The lowest BCUT2D eigenvalue weighted by Gasteiger charge is -2.07. The van der Waals surface area contributed by atoms with E-state index in [1.807, 2.05) is 6.07 Å². The van der Waals surface area contributed by atoms with Gasteiger partial charge in [0.05, 0.1) is 19.3 Å². The van der Waals surface area contributed by atoms with Crippen molar-refractivity contribution < 1.29 is 18.7 Å². The van der Waals surface area contributed by atoms with Crippen LogP contribution in [0.15, 0.2) is 65.9 Å². The van der Waals surface area contributed by atoms with E-state index in [2.05, 4.69) is 15.4 Å². The van der Waals surface area contributed by atoms with E-state index in [9.17, 15) is 14.0 Å². The minimum Gasteiger partial charge on any atom is -0.454 e. The van der Waals surface area contributed by atoms with Crippen LogP contribution in [-0.2, 0) is 17.9 Å². The fraction of sp³-hybridized carbons (Fsp3) is 0.167. The van der Waals surface area contributed by atoms with E-state index in [-0.39, 0.29) is 30.6 Å². The number of ether oxygens (including phenoxy) is 2. The van der Waals surface area contributed by atoms with Crippen molar-refractivity contribution in [3.8, 4) is 11.5 Å². The van der Waals surface area contributed by atoms with Crippen LogP contribution in [0.2, 0.25) is 0 Å². The molecule has 10 heteroatoms. The molecule has 0 unspecified atom stereocenters. The monoisotopic (exact) mass is 461 g/mol. The predicted octanol–water partition coefficient (Wildman–Crippen LogP) is 2.34. The van der Waals surface area contributed by atoms with Gasteiger partial charge in [0.1, 0.15) is 17.5 Å². The third-order valence-electron chi connectivity index (χ3n) is 5.31. The van der Waals surface area contributed by atoms with Crippen molar-refractivity contribution in [1.82, 2.24) is 24.6 Å². The topological polar surface area (TPSA) is 100 Å². The Labute approximate surface area is 193 Å². The highest BCUT2D eigenvalue weighted by Gasteiger charge is 2.13. The van der Waals surface area contributed by atoms with E-state index in [0.717, 1.165) is 5.56 Å². The van der Waals surface area contributed by atoms with Gasteiger partial charge in [-0.1, -0.05) is 18.2 Å². The molecule has 2 aromatic heterocycles. The van der Waals surface area contributed by atoms with Gasteiger partial charge in [-0.05, 0) is 41.5 Å². The number of fused-ring (bicyclic) bond motifs is 2. The maximum Gasteiger partial charge on any atom is 0.264 e. The summed E-state index contributed by atoms with van der Waals surface area (Å²) < 4.78 is 27.0. The van der Waals surface area contributed by atoms with Gasteiger partial charge in [0.15, 0.2) is 17.1 Å². The summed E-state index contributed by atoms with van der Waals surface area (Å²) in [5, 5.41) is 7.37. The Hall–Kier alpha value is -4.47. The molecule has 0 bridgehead atoms. The summed E-state index contributed by atoms with van der Waals surface area (Å²) in [5.74, 6) is 0.706. The van der Waals surface area contributed by atoms with Crippen molar-refractivity contribution in [2.45, 2.75) is 13.1 Å². The SMILES string of the molecule is O=C(C=Cc1ccc2c(c1)OCO2)NCCn1ncc2c(=O)n(Cc3cccc(F)c3)cnc21. The number of benzene rings is 2. The molecule has 0 spiro atoms. The van der Waals surface area contributed by atoms with Crippen LogP contribution in [-0.4, -0.2) is 38.6 Å². The van der Waals surface area contributed by atoms with Gasteiger partial charge in [-0.25, -0.2) is 14.1 Å². The number of halogens is 1. The Morgan fingerprint density at radius 3 is 2.94 bits per heavy atom. The smallest absolute Gasteiger partial charge is 0.264 e. The minimum absolute atomic E-state index is 0.195. The number of hydrogen-bond acceptors (Lipinski definition) is 6. The lowest BCUT2D eigenvalue weighted by molar-refractivity contribution is -0.116. The molecule has 3 heterocycles. The summed E-state index contributed by atoms with van der Waals surface area (Å²) >= 11 is 0. The zero-order valence-corrected chi connectivity index (χ0v) is 18.0. The Bertz CT molecular complexity index is 1460. The number of rotatable bonds is 7. The van der Waals surface area contributed by atoms with E-state index in [0.29, 0.717) is 41.2 Å². The van der Waals surface area contributed by atoms with Crippen molar-refractivity contribution in [2.24, 2.45) is 0 Å². The predicted molar refractivity (Wildman–Crippen MR) is 122 cm³/mol. The lowest BCUT2D eigenvalue weighted by atomic mass is 10.2. The van der Waals surface area contributed by atoms with Gasteiger partial charge < -0.3 is 14.8 Å². The lowest BCUT2D eigenvalue weighted by Crippen LogP contribution is -2.26. The number of aromatic nitrogens is 4. The summed E-state index contributed by atoms with van der Waals surface area (Å²) in [6, 6.07) is 11.5. The van der Waals surface area contributed by atoms with Crippen molar-refractivity contribution in [3.05, 3.63) is 88.4 Å². The van der Waals surface area contributed by atoms with E-state index in [4.69, 9.17) is 9.47 Å². The van der Waals surface area contributed by atoms with Gasteiger partial charge in [-0.3, -0.25) is 14.2 Å². The van der Waals surface area contributed by atoms with Crippen LogP contribution in [0.1, 0.15) is 11.1 Å². The highest BCUT2D eigenvalue weighted by molar-refractivity contribution is 5.91. The number of carbonyl (C=O) groups is 1. The Morgan fingerprint density at radius 1 is 1.18 bits per heavy atom. The summed E-state index contributed by atoms with van der Waals surface area (Å²) in [5.41, 5.74) is 1.63. The molecular formula is C24H20FN5O4. The van der Waals surface area contributed by atoms with E-state index >= 15 is 0 Å². The first kappa shape index (κ1) is 21.4. The molecule has 0 aliphatic carbocycles. The fourth-order valence-electron chi connectivity index (χ4n) is 3.64. The zero-order chi connectivity index (χ0) is 23.5. The highest BCUT2D eigenvalue weighted by Crippen LogP contribution is 2.32.